The minimum atomic E-state index is -0.113. The van der Waals surface area contributed by atoms with Gasteiger partial charge in [-0.05, 0) is 12.8 Å². The number of hydrogen-bond donors (Lipinski definition) is 1. The number of rotatable bonds is 3. The molecule has 1 aliphatic carbocycles. The van der Waals surface area contributed by atoms with Crippen LogP contribution in [0.25, 0.3) is 0 Å². The van der Waals surface area contributed by atoms with Crippen LogP contribution in [0.1, 0.15) is 39.0 Å². The lowest BCUT2D eigenvalue weighted by Crippen LogP contribution is -2.36. The van der Waals surface area contributed by atoms with Crippen molar-refractivity contribution < 1.29 is 9.53 Å². The summed E-state index contributed by atoms with van der Waals surface area (Å²) in [6.07, 6.45) is 5.09. The zero-order valence-corrected chi connectivity index (χ0v) is 9.52. The van der Waals surface area contributed by atoms with Crippen LogP contribution < -0.4 is 5.73 Å². The van der Waals surface area contributed by atoms with Gasteiger partial charge in [-0.3, -0.25) is 4.79 Å². The maximum atomic E-state index is 10.9. The molecule has 84 valence electrons. The van der Waals surface area contributed by atoms with Crippen molar-refractivity contribution in [3.63, 3.8) is 0 Å². The lowest BCUT2D eigenvalue weighted by molar-refractivity contribution is -0.145. The molecule has 0 saturated heterocycles. The van der Waals surface area contributed by atoms with Crippen LogP contribution in [0.5, 0.6) is 0 Å². The van der Waals surface area contributed by atoms with Crippen molar-refractivity contribution in [2.75, 3.05) is 6.61 Å². The first-order valence-electron chi connectivity index (χ1n) is 5.15. The zero-order valence-electron chi connectivity index (χ0n) is 8.70. The lowest BCUT2D eigenvalue weighted by Gasteiger charge is -2.27. The smallest absolute Gasteiger partial charge is 0.305 e. The molecule has 0 aromatic heterocycles. The van der Waals surface area contributed by atoms with Crippen molar-refractivity contribution in [2.24, 2.45) is 11.7 Å². The van der Waals surface area contributed by atoms with Crippen LogP contribution in [0.2, 0.25) is 0 Å². The molecule has 3 nitrogen and oxygen atoms in total. The minimum Gasteiger partial charge on any atom is -0.465 e. The van der Waals surface area contributed by atoms with E-state index in [9.17, 15) is 4.79 Å². The van der Waals surface area contributed by atoms with Gasteiger partial charge in [0, 0.05) is 18.4 Å². The molecule has 4 heteroatoms. The number of carbonyl (C=O) groups excluding carboxylic acids is 1. The average Bonchev–Trinajstić information content (AvgIpc) is 2.16. The molecule has 1 fully saturated rings. The molecular formula is C10H20ClNO2. The van der Waals surface area contributed by atoms with Crippen molar-refractivity contribution in [2.45, 2.75) is 45.1 Å². The Hall–Kier alpha value is -0.280. The molecule has 0 aliphatic heterocycles. The Morgan fingerprint density at radius 2 is 2.07 bits per heavy atom. The van der Waals surface area contributed by atoms with E-state index in [-0.39, 0.29) is 24.4 Å². The molecule has 1 saturated carbocycles. The van der Waals surface area contributed by atoms with Crippen LogP contribution >= 0.6 is 12.4 Å². The number of ether oxygens (including phenoxy) is 1. The largest absolute Gasteiger partial charge is 0.465 e. The Morgan fingerprint density at radius 1 is 1.43 bits per heavy atom. The van der Waals surface area contributed by atoms with Gasteiger partial charge in [0.1, 0.15) is 0 Å². The Bertz CT molecular complexity index is 176. The third kappa shape index (κ3) is 4.29. The SMILES string of the molecule is CCC(=O)OCC1CCCC[C@H]1N.Cl. The molecule has 0 aromatic carbocycles. The van der Waals surface area contributed by atoms with Crippen molar-refractivity contribution in [1.29, 1.82) is 0 Å². The normalized spacial score (nSPS) is 26.4. The van der Waals surface area contributed by atoms with Crippen LogP contribution in [0.4, 0.5) is 0 Å². The first-order chi connectivity index (χ1) is 6.24. The van der Waals surface area contributed by atoms with Gasteiger partial charge in [0.05, 0.1) is 6.61 Å². The molecule has 1 rings (SSSR count). The highest BCUT2D eigenvalue weighted by atomic mass is 35.5. The molecule has 0 aromatic rings. The fraction of sp³-hybridized carbons (Fsp3) is 0.900. The summed E-state index contributed by atoms with van der Waals surface area (Å²) in [6.45, 7) is 2.33. The third-order valence-electron chi connectivity index (χ3n) is 2.71. The van der Waals surface area contributed by atoms with E-state index < -0.39 is 0 Å². The maximum absolute atomic E-state index is 10.9. The summed E-state index contributed by atoms with van der Waals surface area (Å²) < 4.78 is 5.08. The van der Waals surface area contributed by atoms with E-state index in [2.05, 4.69) is 0 Å². The molecule has 0 bridgehead atoms. The quantitative estimate of drug-likeness (QED) is 0.741. The van der Waals surface area contributed by atoms with Gasteiger partial charge in [0.15, 0.2) is 0 Å². The van der Waals surface area contributed by atoms with E-state index in [1.54, 1.807) is 0 Å². The zero-order chi connectivity index (χ0) is 9.68. The lowest BCUT2D eigenvalue weighted by atomic mass is 9.86. The molecule has 2 atom stereocenters. The van der Waals surface area contributed by atoms with Crippen LogP contribution in [0.15, 0.2) is 0 Å². The Morgan fingerprint density at radius 3 is 2.64 bits per heavy atom. The second-order valence-corrected chi connectivity index (χ2v) is 3.74. The third-order valence-corrected chi connectivity index (χ3v) is 2.71. The van der Waals surface area contributed by atoms with Crippen molar-refractivity contribution in [3.05, 3.63) is 0 Å². The first-order valence-corrected chi connectivity index (χ1v) is 5.15. The van der Waals surface area contributed by atoms with Gasteiger partial charge < -0.3 is 10.5 Å². The minimum absolute atomic E-state index is 0. The fourth-order valence-corrected chi connectivity index (χ4v) is 1.75. The fourth-order valence-electron chi connectivity index (χ4n) is 1.75. The topological polar surface area (TPSA) is 52.3 Å². The number of hydrogen-bond acceptors (Lipinski definition) is 3. The van der Waals surface area contributed by atoms with Gasteiger partial charge in [0.25, 0.3) is 0 Å². The van der Waals surface area contributed by atoms with Crippen LogP contribution in [0.3, 0.4) is 0 Å². The monoisotopic (exact) mass is 221 g/mol. The van der Waals surface area contributed by atoms with Crippen LogP contribution in [-0.2, 0) is 9.53 Å². The van der Waals surface area contributed by atoms with Crippen molar-refractivity contribution >= 4 is 18.4 Å². The van der Waals surface area contributed by atoms with Crippen molar-refractivity contribution in [1.82, 2.24) is 0 Å². The number of nitrogens with two attached hydrogens (primary N) is 1. The molecule has 14 heavy (non-hydrogen) atoms. The highest BCUT2D eigenvalue weighted by Gasteiger charge is 2.22. The summed E-state index contributed by atoms with van der Waals surface area (Å²) in [6, 6.07) is 0.235. The summed E-state index contributed by atoms with van der Waals surface area (Å²) >= 11 is 0. The van der Waals surface area contributed by atoms with Gasteiger partial charge >= 0.3 is 5.97 Å². The van der Waals surface area contributed by atoms with Gasteiger partial charge in [-0.25, -0.2) is 0 Å². The predicted molar refractivity (Wildman–Crippen MR) is 58.4 cm³/mol. The molecular weight excluding hydrogens is 202 g/mol. The van der Waals surface area contributed by atoms with Gasteiger partial charge in [0.2, 0.25) is 0 Å². The number of carbonyl (C=O) groups is 1. The van der Waals surface area contributed by atoms with Crippen molar-refractivity contribution in [3.8, 4) is 0 Å². The summed E-state index contributed by atoms with van der Waals surface area (Å²) in [7, 11) is 0. The van der Waals surface area contributed by atoms with E-state index in [0.29, 0.717) is 18.9 Å². The summed E-state index contributed by atoms with van der Waals surface area (Å²) in [5, 5.41) is 0. The van der Waals surface area contributed by atoms with E-state index in [0.717, 1.165) is 12.8 Å². The second kappa shape index (κ2) is 7.07. The molecule has 0 radical (unpaired) electrons. The Kier molecular flexibility index (Phi) is 6.93. The first kappa shape index (κ1) is 13.7. The van der Waals surface area contributed by atoms with Gasteiger partial charge in [-0.15, -0.1) is 12.4 Å². The van der Waals surface area contributed by atoms with E-state index in [1.807, 2.05) is 6.92 Å². The number of halogens is 1. The molecule has 1 aliphatic rings. The maximum Gasteiger partial charge on any atom is 0.305 e. The van der Waals surface area contributed by atoms with Crippen LogP contribution in [-0.4, -0.2) is 18.6 Å². The average molecular weight is 222 g/mol. The summed E-state index contributed by atoms with van der Waals surface area (Å²) in [5.74, 6) is 0.280. The molecule has 0 amide bonds. The predicted octanol–water partition coefficient (Wildman–Crippen LogP) is 1.88. The van der Waals surface area contributed by atoms with E-state index in [1.165, 1.54) is 12.8 Å². The Balaban J connectivity index is 0.00000169. The van der Waals surface area contributed by atoms with E-state index in [4.69, 9.17) is 10.5 Å². The molecule has 0 heterocycles. The number of esters is 1. The second-order valence-electron chi connectivity index (χ2n) is 3.74. The van der Waals surface area contributed by atoms with Gasteiger partial charge in [-0.2, -0.15) is 0 Å². The summed E-state index contributed by atoms with van der Waals surface area (Å²) in [5.41, 5.74) is 5.92. The molecule has 2 N–H and O–H groups in total. The van der Waals surface area contributed by atoms with Crippen LogP contribution in [0, 0.1) is 5.92 Å². The highest BCUT2D eigenvalue weighted by Crippen LogP contribution is 2.23. The van der Waals surface area contributed by atoms with E-state index >= 15 is 0 Å². The highest BCUT2D eigenvalue weighted by molar-refractivity contribution is 5.85. The molecule has 1 unspecified atom stereocenters. The van der Waals surface area contributed by atoms with Gasteiger partial charge in [-0.1, -0.05) is 19.8 Å². The standard InChI is InChI=1S/C10H19NO2.ClH/c1-2-10(12)13-7-8-5-3-4-6-9(8)11;/h8-9H,2-7,11H2,1H3;1H/t8?,9-;/m1./s1. The Labute approximate surface area is 91.8 Å². The molecule has 0 spiro atoms. The summed E-state index contributed by atoms with van der Waals surface area (Å²) in [4.78, 5) is 10.9.